The molecule has 0 aromatic rings. The zero-order chi connectivity index (χ0) is 11.0. The molecule has 1 unspecified atom stereocenters. The molecule has 1 atom stereocenters. The van der Waals surface area contributed by atoms with Crippen molar-refractivity contribution in [1.82, 2.24) is 0 Å². The van der Waals surface area contributed by atoms with Crippen molar-refractivity contribution in [2.24, 2.45) is 5.73 Å². The van der Waals surface area contributed by atoms with E-state index in [1.807, 2.05) is 13.8 Å². The van der Waals surface area contributed by atoms with Crippen LogP contribution in [0.25, 0.3) is 0 Å². The Bertz CT molecular complexity index is 171. The molecule has 0 aromatic heterocycles. The maximum absolute atomic E-state index is 11.2. The highest BCUT2D eigenvalue weighted by Gasteiger charge is 2.25. The van der Waals surface area contributed by atoms with E-state index in [1.54, 1.807) is 0 Å². The van der Waals surface area contributed by atoms with Crippen molar-refractivity contribution in [2.75, 3.05) is 13.2 Å². The van der Waals surface area contributed by atoms with Gasteiger partial charge < -0.3 is 10.5 Å². The van der Waals surface area contributed by atoms with Gasteiger partial charge in [0.1, 0.15) is 5.78 Å². The molecule has 0 radical (unpaired) electrons. The number of Topliss-reactive ketones (excluding diaryl/α,β-unsaturated/α-hetero) is 1. The van der Waals surface area contributed by atoms with Crippen LogP contribution < -0.4 is 5.73 Å². The molecule has 0 amide bonds. The predicted octanol–water partition coefficient (Wildman–Crippen LogP) is 1.89. The third-order valence-corrected chi connectivity index (χ3v) is 2.50. The first-order valence-electron chi connectivity index (χ1n) is 5.43. The second kappa shape index (κ2) is 6.96. The van der Waals surface area contributed by atoms with Gasteiger partial charge >= 0.3 is 0 Å². The van der Waals surface area contributed by atoms with E-state index in [0.717, 1.165) is 25.9 Å². The average molecular weight is 201 g/mol. The van der Waals surface area contributed by atoms with E-state index in [2.05, 4.69) is 6.92 Å². The van der Waals surface area contributed by atoms with Crippen LogP contribution in [0.2, 0.25) is 0 Å². The Hall–Kier alpha value is -0.410. The summed E-state index contributed by atoms with van der Waals surface area (Å²) in [7, 11) is 0. The van der Waals surface area contributed by atoms with Crippen molar-refractivity contribution >= 4 is 5.78 Å². The maximum atomic E-state index is 11.2. The van der Waals surface area contributed by atoms with Crippen molar-refractivity contribution < 1.29 is 9.53 Å². The topological polar surface area (TPSA) is 52.3 Å². The minimum atomic E-state index is -0.314. The summed E-state index contributed by atoms with van der Waals surface area (Å²) in [6.07, 6.45) is 3.45. The molecule has 0 aliphatic rings. The Morgan fingerprint density at radius 1 is 1.43 bits per heavy atom. The summed E-state index contributed by atoms with van der Waals surface area (Å²) in [5.74, 6) is 0.0749. The van der Waals surface area contributed by atoms with Gasteiger partial charge in [-0.25, -0.2) is 0 Å². The van der Waals surface area contributed by atoms with Gasteiger partial charge in [0.25, 0.3) is 0 Å². The van der Waals surface area contributed by atoms with Gasteiger partial charge in [0.2, 0.25) is 0 Å². The SMILES string of the molecule is CCCCOC(C)(CC)CC(=O)CN. The van der Waals surface area contributed by atoms with Gasteiger partial charge in [0.05, 0.1) is 12.1 Å². The first kappa shape index (κ1) is 13.6. The zero-order valence-electron chi connectivity index (χ0n) is 9.64. The number of hydrogen-bond acceptors (Lipinski definition) is 3. The Kier molecular flexibility index (Phi) is 6.75. The number of carbonyl (C=O) groups excluding carboxylic acids is 1. The lowest BCUT2D eigenvalue weighted by molar-refractivity contribution is -0.125. The molecule has 3 nitrogen and oxygen atoms in total. The summed E-state index contributed by atoms with van der Waals surface area (Å²) in [6, 6.07) is 0. The van der Waals surface area contributed by atoms with E-state index in [-0.39, 0.29) is 17.9 Å². The van der Waals surface area contributed by atoms with Crippen LogP contribution in [0.5, 0.6) is 0 Å². The second-order valence-corrected chi connectivity index (χ2v) is 3.93. The maximum Gasteiger partial charge on any atom is 0.149 e. The number of rotatable bonds is 8. The number of hydrogen-bond donors (Lipinski definition) is 1. The van der Waals surface area contributed by atoms with E-state index >= 15 is 0 Å². The highest BCUT2D eigenvalue weighted by atomic mass is 16.5. The highest BCUT2D eigenvalue weighted by molar-refractivity contribution is 5.81. The molecule has 84 valence electrons. The van der Waals surface area contributed by atoms with E-state index < -0.39 is 0 Å². The third kappa shape index (κ3) is 5.35. The molecule has 3 heteroatoms. The third-order valence-electron chi connectivity index (χ3n) is 2.50. The van der Waals surface area contributed by atoms with Gasteiger partial charge in [-0.15, -0.1) is 0 Å². The minimum absolute atomic E-state index is 0.0749. The van der Waals surface area contributed by atoms with Crippen molar-refractivity contribution in [2.45, 2.75) is 52.1 Å². The Morgan fingerprint density at radius 2 is 2.07 bits per heavy atom. The van der Waals surface area contributed by atoms with Gasteiger partial charge in [-0.2, -0.15) is 0 Å². The van der Waals surface area contributed by atoms with E-state index in [4.69, 9.17) is 10.5 Å². The lowest BCUT2D eigenvalue weighted by Crippen LogP contribution is -2.33. The Balaban J connectivity index is 3.97. The molecule has 0 aliphatic carbocycles. The van der Waals surface area contributed by atoms with Gasteiger partial charge in [-0.3, -0.25) is 4.79 Å². The molecule has 0 rings (SSSR count). The van der Waals surface area contributed by atoms with Crippen LogP contribution >= 0.6 is 0 Å². The molecule has 0 heterocycles. The first-order valence-corrected chi connectivity index (χ1v) is 5.43. The monoisotopic (exact) mass is 201 g/mol. The molecule has 0 saturated carbocycles. The van der Waals surface area contributed by atoms with E-state index in [0.29, 0.717) is 6.42 Å². The summed E-state index contributed by atoms with van der Waals surface area (Å²) < 4.78 is 5.72. The normalized spacial score (nSPS) is 15.1. The fraction of sp³-hybridized carbons (Fsp3) is 0.909. The lowest BCUT2D eigenvalue weighted by atomic mass is 9.96. The summed E-state index contributed by atoms with van der Waals surface area (Å²) in [5, 5.41) is 0. The fourth-order valence-electron chi connectivity index (χ4n) is 1.23. The average Bonchev–Trinajstić information content (AvgIpc) is 2.18. The second-order valence-electron chi connectivity index (χ2n) is 3.93. The van der Waals surface area contributed by atoms with Gasteiger partial charge in [0, 0.05) is 13.0 Å². The quantitative estimate of drug-likeness (QED) is 0.610. The molecule has 0 spiro atoms. The van der Waals surface area contributed by atoms with Crippen LogP contribution in [0.1, 0.15) is 46.5 Å². The number of nitrogens with two attached hydrogens (primary N) is 1. The van der Waals surface area contributed by atoms with Crippen molar-refractivity contribution in [3.63, 3.8) is 0 Å². The molecule has 0 fully saturated rings. The highest BCUT2D eigenvalue weighted by Crippen LogP contribution is 2.20. The number of ether oxygens (including phenoxy) is 1. The van der Waals surface area contributed by atoms with Crippen molar-refractivity contribution in [3.05, 3.63) is 0 Å². The molecule has 2 N–H and O–H groups in total. The summed E-state index contributed by atoms with van der Waals surface area (Å²) >= 11 is 0. The summed E-state index contributed by atoms with van der Waals surface area (Å²) in [4.78, 5) is 11.2. The molecular weight excluding hydrogens is 178 g/mol. The zero-order valence-corrected chi connectivity index (χ0v) is 9.64. The van der Waals surface area contributed by atoms with Crippen LogP contribution in [0.15, 0.2) is 0 Å². The Labute approximate surface area is 87.0 Å². The molecular formula is C11H23NO2. The van der Waals surface area contributed by atoms with Crippen LogP contribution in [0.3, 0.4) is 0 Å². The lowest BCUT2D eigenvalue weighted by Gasteiger charge is -2.27. The van der Waals surface area contributed by atoms with Crippen molar-refractivity contribution in [1.29, 1.82) is 0 Å². The van der Waals surface area contributed by atoms with Gasteiger partial charge in [-0.1, -0.05) is 20.3 Å². The van der Waals surface area contributed by atoms with Crippen LogP contribution in [-0.2, 0) is 9.53 Å². The Morgan fingerprint density at radius 3 is 2.50 bits per heavy atom. The van der Waals surface area contributed by atoms with E-state index in [9.17, 15) is 4.79 Å². The fourth-order valence-corrected chi connectivity index (χ4v) is 1.23. The molecule has 0 aliphatic heterocycles. The van der Waals surface area contributed by atoms with Crippen LogP contribution in [-0.4, -0.2) is 24.5 Å². The summed E-state index contributed by atoms with van der Waals surface area (Å²) in [5.41, 5.74) is 4.97. The number of unbranched alkanes of at least 4 members (excludes halogenated alkanes) is 1. The van der Waals surface area contributed by atoms with Crippen LogP contribution in [0.4, 0.5) is 0 Å². The van der Waals surface area contributed by atoms with E-state index in [1.165, 1.54) is 0 Å². The molecule has 0 bridgehead atoms. The largest absolute Gasteiger partial charge is 0.375 e. The molecule has 0 saturated heterocycles. The predicted molar refractivity (Wildman–Crippen MR) is 58.2 cm³/mol. The van der Waals surface area contributed by atoms with Gasteiger partial charge in [0.15, 0.2) is 0 Å². The van der Waals surface area contributed by atoms with Crippen molar-refractivity contribution in [3.8, 4) is 0 Å². The smallest absolute Gasteiger partial charge is 0.149 e. The van der Waals surface area contributed by atoms with Crippen LogP contribution in [0, 0.1) is 0 Å². The first-order chi connectivity index (χ1) is 6.58. The number of ketones is 1. The number of carbonyl (C=O) groups is 1. The summed E-state index contributed by atoms with van der Waals surface area (Å²) in [6.45, 7) is 7.00. The van der Waals surface area contributed by atoms with Gasteiger partial charge in [-0.05, 0) is 19.8 Å². The minimum Gasteiger partial charge on any atom is -0.375 e. The molecule has 0 aromatic carbocycles. The standard InChI is InChI=1S/C11H23NO2/c1-4-6-7-14-11(3,5-2)8-10(13)9-12/h4-9,12H2,1-3H3. The molecule has 14 heavy (non-hydrogen) atoms.